The van der Waals surface area contributed by atoms with Gasteiger partial charge in [0.2, 0.25) is 0 Å². The van der Waals surface area contributed by atoms with E-state index >= 15 is 0 Å². The zero-order valence-corrected chi connectivity index (χ0v) is 30.6. The van der Waals surface area contributed by atoms with Gasteiger partial charge in [-0.2, -0.15) is 0 Å². The van der Waals surface area contributed by atoms with Gasteiger partial charge in [-0.3, -0.25) is 0 Å². The molecule has 0 aliphatic heterocycles. The van der Waals surface area contributed by atoms with Crippen LogP contribution in [-0.4, -0.2) is 27.3 Å². The van der Waals surface area contributed by atoms with E-state index in [2.05, 4.69) is 94.4 Å². The molecule has 2 aromatic heterocycles. The van der Waals surface area contributed by atoms with Gasteiger partial charge in [-0.1, -0.05) is 0 Å². The van der Waals surface area contributed by atoms with E-state index < -0.39 is 17.3 Å². The summed E-state index contributed by atoms with van der Waals surface area (Å²) in [6, 6.07) is 39.7. The predicted molar refractivity (Wildman–Crippen MR) is 197 cm³/mol. The summed E-state index contributed by atoms with van der Waals surface area (Å²) < 4.78 is 21.0. The molecule has 5 nitrogen and oxygen atoms in total. The molecule has 0 aliphatic rings. The summed E-state index contributed by atoms with van der Waals surface area (Å²) in [6.45, 7) is 12.5. The van der Waals surface area contributed by atoms with E-state index in [4.69, 9.17) is 20.6 Å². The Hall–Kier alpha value is -5.04. The van der Waals surface area contributed by atoms with Crippen molar-refractivity contribution in [1.82, 2.24) is 9.97 Å². The van der Waals surface area contributed by atoms with Crippen LogP contribution in [0, 0.1) is 41.5 Å². The molecule has 6 heteroatoms. The zero-order valence-electron chi connectivity index (χ0n) is 28.2. The van der Waals surface area contributed by atoms with Crippen molar-refractivity contribution in [3.05, 3.63) is 149 Å². The summed E-state index contributed by atoms with van der Waals surface area (Å²) in [6.07, 6.45) is 0. The van der Waals surface area contributed by atoms with Crippen LogP contribution in [0.4, 0.5) is 0 Å². The molecular formula is C42H37GaN2O3. The molecule has 0 spiro atoms. The Morgan fingerprint density at radius 2 is 0.854 bits per heavy atom. The number of hydrogen-bond donors (Lipinski definition) is 0. The Balaban J connectivity index is 1.42. The summed E-state index contributed by atoms with van der Waals surface area (Å²) in [5.41, 5.74) is 12.3. The topological polar surface area (TPSA) is 53.5 Å². The van der Waals surface area contributed by atoms with Crippen LogP contribution in [-0.2, 0) is 0 Å². The fourth-order valence-corrected chi connectivity index (χ4v) is 9.29. The van der Waals surface area contributed by atoms with Crippen LogP contribution < -0.4 is 10.6 Å². The zero-order chi connectivity index (χ0) is 33.4. The average molecular weight is 687 g/mol. The summed E-state index contributed by atoms with van der Waals surface area (Å²) in [7, 11) is 0. The Bertz CT molecular complexity index is 2120. The van der Waals surface area contributed by atoms with Crippen molar-refractivity contribution in [3.63, 3.8) is 0 Å². The Morgan fingerprint density at radius 3 is 1.29 bits per heavy atom. The van der Waals surface area contributed by atoms with Crippen molar-refractivity contribution in [2.24, 2.45) is 0 Å². The third-order valence-corrected chi connectivity index (χ3v) is 11.2. The molecule has 0 atom stereocenters. The van der Waals surface area contributed by atoms with Crippen LogP contribution >= 0.6 is 0 Å². The number of pyridine rings is 2. The van der Waals surface area contributed by atoms with Gasteiger partial charge < -0.3 is 0 Å². The van der Waals surface area contributed by atoms with Gasteiger partial charge in [0.25, 0.3) is 0 Å². The SMILES string of the molecule is Cc1cc(C)cc(-c2cccc(-c3cc(C)cc(C)c3)c2[O][Ga]([O]c2cccc3ccc(C)nc23)[O]c2cccc3ccc(C)nc23)c1. The van der Waals surface area contributed by atoms with E-state index in [1.165, 1.54) is 22.3 Å². The number of aryl methyl sites for hydroxylation is 6. The molecule has 0 aliphatic carbocycles. The van der Waals surface area contributed by atoms with E-state index in [1.807, 2.05) is 62.4 Å². The molecule has 7 aromatic rings. The number of aromatic nitrogens is 2. The van der Waals surface area contributed by atoms with Gasteiger partial charge in [0.15, 0.2) is 0 Å². The molecular weight excluding hydrogens is 650 g/mol. The first-order valence-electron chi connectivity index (χ1n) is 16.2. The summed E-state index contributed by atoms with van der Waals surface area (Å²) in [5.74, 6) is 2.02. The molecule has 0 bridgehead atoms. The number of benzene rings is 5. The maximum atomic E-state index is 7.20. The number of hydrogen-bond acceptors (Lipinski definition) is 5. The van der Waals surface area contributed by atoms with E-state index in [9.17, 15) is 0 Å². The Labute approximate surface area is 288 Å². The minimum absolute atomic E-state index is 0.641. The van der Waals surface area contributed by atoms with Gasteiger partial charge in [0.1, 0.15) is 0 Å². The van der Waals surface area contributed by atoms with Gasteiger partial charge in [0, 0.05) is 0 Å². The fraction of sp³-hybridized carbons (Fsp3) is 0.143. The van der Waals surface area contributed by atoms with Crippen molar-refractivity contribution >= 4 is 39.1 Å². The standard InChI is InChI=1S/C22H22O.2C10H9NO.Ga/c1-14-8-15(2)11-18(10-14)20-6-5-7-21(22(20)23)19-12-16(3)9-17(4)13-19;2*1-7-5-6-8-3-2-4-9(12)10(8)11-7;/h5-13,23H,1-4H3;2*2-6,12H,1H3;/q;;;+3/p-3. The van der Waals surface area contributed by atoms with Gasteiger partial charge >= 0.3 is 290 Å². The normalized spacial score (nSPS) is 11.1. The molecule has 0 unspecified atom stereocenters. The first-order chi connectivity index (χ1) is 23.2. The molecule has 0 amide bonds. The molecule has 7 rings (SSSR count). The molecule has 236 valence electrons. The van der Waals surface area contributed by atoms with Crippen LogP contribution in [0.5, 0.6) is 17.2 Å². The van der Waals surface area contributed by atoms with Crippen molar-refractivity contribution in [3.8, 4) is 39.5 Å². The number of fused-ring (bicyclic) bond motifs is 2. The second-order valence-corrected chi connectivity index (χ2v) is 15.3. The third-order valence-electron chi connectivity index (χ3n) is 8.39. The summed E-state index contributed by atoms with van der Waals surface area (Å²) in [4.78, 5) is 9.71. The van der Waals surface area contributed by atoms with E-state index in [1.54, 1.807) is 0 Å². The minimum atomic E-state index is -3.76. The quantitative estimate of drug-likeness (QED) is 0.149. The van der Waals surface area contributed by atoms with E-state index in [0.29, 0.717) is 11.5 Å². The van der Waals surface area contributed by atoms with Crippen molar-refractivity contribution in [2.45, 2.75) is 41.5 Å². The van der Waals surface area contributed by atoms with Crippen LogP contribution in [0.15, 0.2) is 115 Å². The summed E-state index contributed by atoms with van der Waals surface area (Å²) in [5, 5.41) is 1.99. The maximum absolute atomic E-state index is 7.20. The van der Waals surface area contributed by atoms with Gasteiger partial charge in [0.05, 0.1) is 0 Å². The van der Waals surface area contributed by atoms with Crippen LogP contribution in [0.25, 0.3) is 44.1 Å². The molecule has 0 fully saturated rings. The predicted octanol–water partition coefficient (Wildman–Crippen LogP) is 10.5. The van der Waals surface area contributed by atoms with Crippen molar-refractivity contribution in [1.29, 1.82) is 0 Å². The van der Waals surface area contributed by atoms with Crippen molar-refractivity contribution < 1.29 is 10.6 Å². The number of rotatable bonds is 8. The molecule has 0 saturated heterocycles. The van der Waals surface area contributed by atoms with Crippen LogP contribution in [0.2, 0.25) is 0 Å². The Morgan fingerprint density at radius 1 is 0.438 bits per heavy atom. The molecule has 0 saturated carbocycles. The summed E-state index contributed by atoms with van der Waals surface area (Å²) >= 11 is -3.76. The molecule has 0 N–H and O–H groups in total. The number of para-hydroxylation sites is 3. The molecule has 2 heterocycles. The van der Waals surface area contributed by atoms with Gasteiger partial charge in [-0.25, -0.2) is 0 Å². The van der Waals surface area contributed by atoms with E-state index in [0.717, 1.165) is 61.2 Å². The van der Waals surface area contributed by atoms with E-state index in [-0.39, 0.29) is 0 Å². The van der Waals surface area contributed by atoms with Gasteiger partial charge in [-0.05, 0) is 0 Å². The monoisotopic (exact) mass is 686 g/mol. The van der Waals surface area contributed by atoms with Crippen molar-refractivity contribution in [2.75, 3.05) is 0 Å². The average Bonchev–Trinajstić information content (AvgIpc) is 3.04. The fourth-order valence-electron chi connectivity index (χ4n) is 6.38. The molecule has 48 heavy (non-hydrogen) atoms. The molecule has 0 radical (unpaired) electrons. The van der Waals surface area contributed by atoms with Gasteiger partial charge in [-0.15, -0.1) is 0 Å². The third kappa shape index (κ3) is 6.68. The first kappa shape index (κ1) is 31.6. The number of nitrogens with zero attached hydrogens (tertiary/aromatic N) is 2. The molecule has 5 aromatic carbocycles. The second kappa shape index (κ2) is 13.2. The second-order valence-electron chi connectivity index (χ2n) is 12.6. The Kier molecular flexibility index (Phi) is 8.69. The van der Waals surface area contributed by atoms with Crippen LogP contribution in [0.3, 0.4) is 0 Å². The first-order valence-corrected chi connectivity index (χ1v) is 19.2. The van der Waals surface area contributed by atoms with Crippen LogP contribution in [0.1, 0.15) is 33.6 Å².